The van der Waals surface area contributed by atoms with E-state index in [4.69, 9.17) is 14.5 Å². The summed E-state index contributed by atoms with van der Waals surface area (Å²) in [5.41, 5.74) is 10.4. The largest absolute Gasteiger partial charge is 0.493 e. The standard InChI is InChI=1S/C36H34N4O4/c1-6-24-8-10-26(11-9-24)32-21-30(29-19-22(2)7-17-31(29)38-32)36(42)40-39-23(3)25-12-15-28(16-13-25)37-35(41)27-14-18-33(43-4)34(20-27)44-5/h7-21H,6H2,1-5H3,(H,37,41)(H,40,42)/b39-23+. The Morgan fingerprint density at radius 1 is 0.795 bits per heavy atom. The minimum Gasteiger partial charge on any atom is -0.493 e. The molecule has 0 aliphatic carbocycles. The van der Waals surface area contributed by atoms with Crippen molar-refractivity contribution >= 4 is 34.1 Å². The van der Waals surface area contributed by atoms with Crippen LogP contribution in [0.3, 0.4) is 0 Å². The summed E-state index contributed by atoms with van der Waals surface area (Å²) in [6.45, 7) is 5.92. The molecule has 0 saturated carbocycles. The molecule has 4 aromatic carbocycles. The molecule has 44 heavy (non-hydrogen) atoms. The summed E-state index contributed by atoms with van der Waals surface area (Å²) in [4.78, 5) is 31.1. The van der Waals surface area contributed by atoms with Crippen LogP contribution < -0.4 is 20.2 Å². The summed E-state index contributed by atoms with van der Waals surface area (Å²) >= 11 is 0. The molecule has 2 N–H and O–H groups in total. The average molecular weight is 587 g/mol. The van der Waals surface area contributed by atoms with Crippen molar-refractivity contribution in [2.24, 2.45) is 5.10 Å². The first kappa shape index (κ1) is 30.0. The van der Waals surface area contributed by atoms with Gasteiger partial charge in [-0.3, -0.25) is 9.59 Å². The number of aryl methyl sites for hydroxylation is 2. The number of pyridine rings is 1. The van der Waals surface area contributed by atoms with Gasteiger partial charge in [-0.25, -0.2) is 10.4 Å². The quantitative estimate of drug-likeness (QED) is 0.141. The molecule has 0 bridgehead atoms. The number of anilines is 1. The molecule has 0 aliphatic rings. The second-order valence-electron chi connectivity index (χ2n) is 10.4. The van der Waals surface area contributed by atoms with Gasteiger partial charge in [0.25, 0.3) is 11.8 Å². The van der Waals surface area contributed by atoms with Crippen molar-refractivity contribution in [3.8, 4) is 22.8 Å². The van der Waals surface area contributed by atoms with Gasteiger partial charge < -0.3 is 14.8 Å². The predicted octanol–water partition coefficient (Wildman–Crippen LogP) is 7.20. The summed E-state index contributed by atoms with van der Waals surface area (Å²) in [6.07, 6.45) is 0.951. The van der Waals surface area contributed by atoms with Crippen LogP contribution in [-0.4, -0.2) is 36.7 Å². The van der Waals surface area contributed by atoms with E-state index in [1.165, 1.54) is 12.7 Å². The number of hydrogen-bond donors (Lipinski definition) is 2. The van der Waals surface area contributed by atoms with Crippen LogP contribution in [-0.2, 0) is 6.42 Å². The lowest BCUT2D eigenvalue weighted by molar-refractivity contribution is 0.0955. The molecule has 0 fully saturated rings. The number of amides is 2. The molecule has 1 aromatic heterocycles. The molecule has 0 saturated heterocycles. The van der Waals surface area contributed by atoms with Crippen molar-refractivity contribution in [2.75, 3.05) is 19.5 Å². The van der Waals surface area contributed by atoms with Gasteiger partial charge in [0.15, 0.2) is 11.5 Å². The molecule has 222 valence electrons. The van der Waals surface area contributed by atoms with Crippen molar-refractivity contribution < 1.29 is 19.1 Å². The summed E-state index contributed by atoms with van der Waals surface area (Å²) in [7, 11) is 3.06. The number of hydrogen-bond acceptors (Lipinski definition) is 6. The second kappa shape index (κ2) is 13.2. The molecule has 0 atom stereocenters. The van der Waals surface area contributed by atoms with Gasteiger partial charge in [0, 0.05) is 22.2 Å². The fourth-order valence-electron chi connectivity index (χ4n) is 4.82. The van der Waals surface area contributed by atoms with Gasteiger partial charge in [-0.1, -0.05) is 55.0 Å². The Labute approximate surface area is 256 Å². The maximum atomic E-state index is 13.5. The van der Waals surface area contributed by atoms with Crippen molar-refractivity contribution in [3.63, 3.8) is 0 Å². The molecule has 0 spiro atoms. The maximum Gasteiger partial charge on any atom is 0.272 e. The van der Waals surface area contributed by atoms with E-state index in [-0.39, 0.29) is 11.8 Å². The minimum atomic E-state index is -0.326. The summed E-state index contributed by atoms with van der Waals surface area (Å²) in [5.74, 6) is 0.412. The fraction of sp³-hybridized carbons (Fsp3) is 0.167. The first-order chi connectivity index (χ1) is 21.3. The number of carbonyl (C=O) groups excluding carboxylic acids is 2. The number of ether oxygens (including phenoxy) is 2. The highest BCUT2D eigenvalue weighted by Crippen LogP contribution is 2.28. The molecule has 0 aliphatic heterocycles. The van der Waals surface area contributed by atoms with Crippen molar-refractivity contribution in [1.82, 2.24) is 10.4 Å². The zero-order chi connectivity index (χ0) is 31.2. The van der Waals surface area contributed by atoms with Crippen molar-refractivity contribution in [2.45, 2.75) is 27.2 Å². The van der Waals surface area contributed by atoms with Crippen LogP contribution in [0.5, 0.6) is 11.5 Å². The molecule has 2 amide bonds. The number of hydrazone groups is 1. The highest BCUT2D eigenvalue weighted by Gasteiger charge is 2.15. The molecule has 5 aromatic rings. The normalized spacial score (nSPS) is 11.2. The lowest BCUT2D eigenvalue weighted by Gasteiger charge is -2.11. The number of carbonyl (C=O) groups is 2. The summed E-state index contributed by atoms with van der Waals surface area (Å²) in [5, 5.41) is 8.03. The monoisotopic (exact) mass is 586 g/mol. The summed E-state index contributed by atoms with van der Waals surface area (Å²) < 4.78 is 10.5. The Morgan fingerprint density at radius 3 is 2.18 bits per heavy atom. The summed E-state index contributed by atoms with van der Waals surface area (Å²) in [6, 6.07) is 28.1. The highest BCUT2D eigenvalue weighted by atomic mass is 16.5. The number of methoxy groups -OCH3 is 2. The minimum absolute atomic E-state index is 0.281. The van der Waals surface area contributed by atoms with Gasteiger partial charge in [0.05, 0.1) is 36.7 Å². The smallest absolute Gasteiger partial charge is 0.272 e. The number of nitrogens with zero attached hydrogens (tertiary/aromatic N) is 2. The Bertz CT molecular complexity index is 1860. The van der Waals surface area contributed by atoms with E-state index in [9.17, 15) is 9.59 Å². The molecule has 0 radical (unpaired) electrons. The Kier molecular flexibility index (Phi) is 9.00. The number of aromatic nitrogens is 1. The lowest BCUT2D eigenvalue weighted by Crippen LogP contribution is -2.20. The van der Waals surface area contributed by atoms with Crippen LogP contribution in [0.25, 0.3) is 22.2 Å². The third-order valence-corrected chi connectivity index (χ3v) is 7.40. The molecular weight excluding hydrogens is 552 g/mol. The maximum absolute atomic E-state index is 13.5. The van der Waals surface area contributed by atoms with Gasteiger partial charge in [0.2, 0.25) is 0 Å². The Morgan fingerprint density at radius 2 is 1.50 bits per heavy atom. The molecule has 8 heteroatoms. The second-order valence-corrected chi connectivity index (χ2v) is 10.4. The van der Waals surface area contributed by atoms with Crippen LogP contribution >= 0.6 is 0 Å². The van der Waals surface area contributed by atoms with E-state index in [1.54, 1.807) is 37.4 Å². The van der Waals surface area contributed by atoms with E-state index in [2.05, 4.69) is 34.9 Å². The number of fused-ring (bicyclic) bond motifs is 1. The first-order valence-corrected chi connectivity index (χ1v) is 14.3. The van der Waals surface area contributed by atoms with Gasteiger partial charge in [-0.15, -0.1) is 0 Å². The molecule has 1 heterocycles. The molecular formula is C36H34N4O4. The van der Waals surface area contributed by atoms with E-state index < -0.39 is 0 Å². The average Bonchev–Trinajstić information content (AvgIpc) is 3.06. The van der Waals surface area contributed by atoms with Crippen LogP contribution in [0.1, 0.15) is 51.3 Å². The number of rotatable bonds is 9. The SMILES string of the molecule is CCc1ccc(-c2cc(C(=O)N/N=C(\C)c3ccc(NC(=O)c4ccc(OC)c(OC)c4)cc3)c3cc(C)ccc3n2)cc1. The Balaban J connectivity index is 1.33. The zero-order valence-electron chi connectivity index (χ0n) is 25.4. The van der Waals surface area contributed by atoms with Crippen molar-refractivity contribution in [3.05, 3.63) is 119 Å². The topological polar surface area (TPSA) is 102 Å². The van der Waals surface area contributed by atoms with Gasteiger partial charge in [-0.2, -0.15) is 5.10 Å². The van der Waals surface area contributed by atoms with Crippen LogP contribution in [0.15, 0.2) is 96.1 Å². The first-order valence-electron chi connectivity index (χ1n) is 14.3. The van der Waals surface area contributed by atoms with E-state index >= 15 is 0 Å². The third kappa shape index (κ3) is 6.60. The number of benzene rings is 4. The van der Waals surface area contributed by atoms with Crippen LogP contribution in [0, 0.1) is 6.92 Å². The van der Waals surface area contributed by atoms with Crippen molar-refractivity contribution in [1.29, 1.82) is 0 Å². The Hall–Kier alpha value is -5.50. The van der Waals surface area contributed by atoms with E-state index in [0.29, 0.717) is 34.0 Å². The van der Waals surface area contributed by atoms with Gasteiger partial charge in [0.1, 0.15) is 0 Å². The van der Waals surface area contributed by atoms with Gasteiger partial charge >= 0.3 is 0 Å². The third-order valence-electron chi connectivity index (χ3n) is 7.40. The van der Waals surface area contributed by atoms with E-state index in [1.807, 2.05) is 62.4 Å². The van der Waals surface area contributed by atoms with Crippen LogP contribution in [0.2, 0.25) is 0 Å². The zero-order valence-corrected chi connectivity index (χ0v) is 25.4. The number of nitrogens with one attached hydrogen (secondary N) is 2. The van der Waals surface area contributed by atoms with Crippen LogP contribution in [0.4, 0.5) is 5.69 Å². The predicted molar refractivity (Wildman–Crippen MR) is 175 cm³/mol. The molecule has 5 rings (SSSR count). The van der Waals surface area contributed by atoms with Gasteiger partial charge in [-0.05, 0) is 79.9 Å². The molecule has 0 unspecified atom stereocenters. The highest BCUT2D eigenvalue weighted by molar-refractivity contribution is 6.08. The lowest BCUT2D eigenvalue weighted by atomic mass is 10.0. The fourth-order valence-corrected chi connectivity index (χ4v) is 4.82. The van der Waals surface area contributed by atoms with E-state index in [0.717, 1.165) is 39.7 Å². The molecule has 8 nitrogen and oxygen atoms in total.